The predicted molar refractivity (Wildman–Crippen MR) is 113 cm³/mol. The van der Waals surface area contributed by atoms with Gasteiger partial charge < -0.3 is 15.5 Å². The summed E-state index contributed by atoms with van der Waals surface area (Å²) in [5, 5.41) is 0. The lowest BCUT2D eigenvalue weighted by molar-refractivity contribution is -0.119. The monoisotopic (exact) mass is 456 g/mol. The van der Waals surface area contributed by atoms with Crippen LogP contribution in [0.25, 0.3) is 0 Å². The molecule has 1 atom stereocenters. The molecule has 5 nitrogen and oxygen atoms in total. The maximum atomic E-state index is 12.0. The molecule has 1 aromatic rings. The van der Waals surface area contributed by atoms with Crippen LogP contribution in [0.4, 0.5) is 5.69 Å². The molecule has 138 valence electrons. The maximum Gasteiger partial charge on any atom is 0.226 e. The van der Waals surface area contributed by atoms with E-state index in [9.17, 15) is 4.79 Å². The van der Waals surface area contributed by atoms with Crippen molar-refractivity contribution in [2.45, 2.75) is 45.6 Å². The first kappa shape index (κ1) is 20.0. The van der Waals surface area contributed by atoms with E-state index in [-0.39, 0.29) is 29.9 Å². The lowest BCUT2D eigenvalue weighted by Gasteiger charge is -2.31. The number of likely N-dealkylation sites (tertiary alicyclic amines) is 1. The third-order valence-corrected chi connectivity index (χ3v) is 4.98. The highest BCUT2D eigenvalue weighted by atomic mass is 127. The molecule has 2 saturated heterocycles. The molecule has 1 amide bonds. The number of amides is 1. The van der Waals surface area contributed by atoms with E-state index in [4.69, 9.17) is 5.73 Å². The van der Waals surface area contributed by atoms with Crippen LogP contribution in [0.15, 0.2) is 29.3 Å². The van der Waals surface area contributed by atoms with Gasteiger partial charge in [0.15, 0.2) is 5.96 Å². The molecule has 2 aliphatic rings. The number of benzene rings is 1. The zero-order valence-electron chi connectivity index (χ0n) is 15.0. The second-order valence-corrected chi connectivity index (χ2v) is 7.04. The number of anilines is 1. The molecule has 0 radical (unpaired) electrons. The van der Waals surface area contributed by atoms with Gasteiger partial charge in [0.05, 0.1) is 6.54 Å². The van der Waals surface area contributed by atoms with Gasteiger partial charge in [-0.3, -0.25) is 4.79 Å². The number of nitrogens with zero attached hydrogens (tertiary/aromatic N) is 3. The molecule has 25 heavy (non-hydrogen) atoms. The molecule has 2 aliphatic heterocycles. The van der Waals surface area contributed by atoms with Gasteiger partial charge in [0.25, 0.3) is 0 Å². The molecule has 1 aromatic carbocycles. The SMILES string of the molecule is CC1CCCN(C(N)=NCc2ccc(N3CCCCC3=O)cc2)C1.I. The molecule has 2 N–H and O–H groups in total. The second kappa shape index (κ2) is 9.40. The van der Waals surface area contributed by atoms with E-state index in [1.807, 2.05) is 29.2 Å². The van der Waals surface area contributed by atoms with Crippen LogP contribution in [0.3, 0.4) is 0 Å². The van der Waals surface area contributed by atoms with Crippen LogP contribution in [-0.2, 0) is 11.3 Å². The van der Waals surface area contributed by atoms with Gasteiger partial charge in [-0.1, -0.05) is 19.1 Å². The van der Waals surface area contributed by atoms with E-state index in [2.05, 4.69) is 16.8 Å². The number of hydrogen-bond acceptors (Lipinski definition) is 2. The minimum Gasteiger partial charge on any atom is -0.370 e. The number of nitrogens with two attached hydrogens (primary N) is 1. The number of carbonyl (C=O) groups excluding carboxylic acids is 1. The Hall–Kier alpha value is -1.31. The molecular weight excluding hydrogens is 427 g/mol. The van der Waals surface area contributed by atoms with Crippen molar-refractivity contribution < 1.29 is 4.79 Å². The fraction of sp³-hybridized carbons (Fsp3) is 0.579. The Labute approximate surface area is 167 Å². The van der Waals surface area contributed by atoms with Crippen LogP contribution >= 0.6 is 24.0 Å². The number of piperidine rings is 2. The molecule has 6 heteroatoms. The van der Waals surface area contributed by atoms with E-state index in [0.717, 1.165) is 43.7 Å². The van der Waals surface area contributed by atoms with E-state index in [0.29, 0.717) is 24.8 Å². The Morgan fingerprint density at radius 1 is 1.20 bits per heavy atom. The summed E-state index contributed by atoms with van der Waals surface area (Å²) in [5.74, 6) is 1.57. The van der Waals surface area contributed by atoms with Gasteiger partial charge in [0.2, 0.25) is 5.91 Å². The first-order valence-corrected chi connectivity index (χ1v) is 9.07. The van der Waals surface area contributed by atoms with Gasteiger partial charge in [-0.2, -0.15) is 0 Å². The van der Waals surface area contributed by atoms with E-state index < -0.39 is 0 Å². The first-order valence-electron chi connectivity index (χ1n) is 9.07. The number of carbonyl (C=O) groups is 1. The molecule has 0 saturated carbocycles. The highest BCUT2D eigenvalue weighted by Gasteiger charge is 2.19. The summed E-state index contributed by atoms with van der Waals surface area (Å²) in [7, 11) is 0. The largest absolute Gasteiger partial charge is 0.370 e. The van der Waals surface area contributed by atoms with Crippen molar-refractivity contribution in [1.29, 1.82) is 0 Å². The highest BCUT2D eigenvalue weighted by molar-refractivity contribution is 14.0. The Morgan fingerprint density at radius 3 is 2.64 bits per heavy atom. The van der Waals surface area contributed by atoms with Gasteiger partial charge >= 0.3 is 0 Å². The Balaban J connectivity index is 0.00000225. The van der Waals surface area contributed by atoms with Gasteiger partial charge in [-0.25, -0.2) is 4.99 Å². The van der Waals surface area contributed by atoms with Crippen molar-refractivity contribution in [2.75, 3.05) is 24.5 Å². The summed E-state index contributed by atoms with van der Waals surface area (Å²) in [6.07, 6.45) is 5.23. The molecule has 0 aromatic heterocycles. The topological polar surface area (TPSA) is 61.9 Å². The summed E-state index contributed by atoms with van der Waals surface area (Å²) in [6, 6.07) is 8.14. The number of aliphatic imine (C=N–C) groups is 1. The van der Waals surface area contributed by atoms with Crippen LogP contribution in [0, 0.1) is 5.92 Å². The van der Waals surface area contributed by atoms with Gasteiger partial charge in [-0.05, 0) is 49.3 Å². The number of hydrogen-bond donors (Lipinski definition) is 1. The molecular formula is C19H29IN4O. The summed E-state index contributed by atoms with van der Waals surface area (Å²) < 4.78 is 0. The van der Waals surface area contributed by atoms with Crippen molar-refractivity contribution in [1.82, 2.24) is 4.90 Å². The quantitative estimate of drug-likeness (QED) is 0.431. The Kier molecular flexibility index (Phi) is 7.53. The van der Waals surface area contributed by atoms with Crippen molar-refractivity contribution >= 4 is 41.5 Å². The van der Waals surface area contributed by atoms with Crippen LogP contribution in [0.5, 0.6) is 0 Å². The van der Waals surface area contributed by atoms with E-state index in [1.165, 1.54) is 12.8 Å². The summed E-state index contributed by atoms with van der Waals surface area (Å²) in [4.78, 5) is 20.6. The van der Waals surface area contributed by atoms with Crippen LogP contribution in [0.2, 0.25) is 0 Å². The summed E-state index contributed by atoms with van der Waals surface area (Å²) in [5.41, 5.74) is 8.26. The minimum atomic E-state index is 0. The van der Waals surface area contributed by atoms with Crippen molar-refractivity contribution in [3.63, 3.8) is 0 Å². The van der Waals surface area contributed by atoms with Crippen molar-refractivity contribution in [3.05, 3.63) is 29.8 Å². The van der Waals surface area contributed by atoms with E-state index in [1.54, 1.807) is 0 Å². The molecule has 0 bridgehead atoms. The normalized spacial score (nSPS) is 21.9. The van der Waals surface area contributed by atoms with Crippen LogP contribution < -0.4 is 10.6 Å². The predicted octanol–water partition coefficient (Wildman–Crippen LogP) is 3.37. The first-order chi connectivity index (χ1) is 11.6. The molecule has 3 rings (SSSR count). The smallest absolute Gasteiger partial charge is 0.226 e. The minimum absolute atomic E-state index is 0. The Bertz CT molecular complexity index is 602. The van der Waals surface area contributed by atoms with Gasteiger partial charge in [-0.15, -0.1) is 24.0 Å². The lowest BCUT2D eigenvalue weighted by atomic mass is 10.0. The fourth-order valence-corrected chi connectivity index (χ4v) is 3.53. The third-order valence-electron chi connectivity index (χ3n) is 4.98. The van der Waals surface area contributed by atoms with Crippen LogP contribution in [-0.4, -0.2) is 36.4 Å². The molecule has 0 aliphatic carbocycles. The maximum absolute atomic E-state index is 12.0. The Morgan fingerprint density at radius 2 is 1.96 bits per heavy atom. The summed E-state index contributed by atoms with van der Waals surface area (Å²) >= 11 is 0. The molecule has 0 spiro atoms. The number of guanidine groups is 1. The molecule has 1 unspecified atom stereocenters. The molecule has 2 fully saturated rings. The third kappa shape index (κ3) is 5.33. The van der Waals surface area contributed by atoms with Gasteiger partial charge in [0, 0.05) is 31.7 Å². The highest BCUT2D eigenvalue weighted by Crippen LogP contribution is 2.21. The molecule has 2 heterocycles. The van der Waals surface area contributed by atoms with Gasteiger partial charge in [0.1, 0.15) is 0 Å². The van der Waals surface area contributed by atoms with Crippen LogP contribution in [0.1, 0.15) is 44.6 Å². The van der Waals surface area contributed by atoms with Crippen molar-refractivity contribution in [3.8, 4) is 0 Å². The lowest BCUT2D eigenvalue weighted by Crippen LogP contribution is -2.43. The number of halogens is 1. The summed E-state index contributed by atoms with van der Waals surface area (Å²) in [6.45, 7) is 5.70. The second-order valence-electron chi connectivity index (χ2n) is 7.04. The average molecular weight is 456 g/mol. The zero-order valence-corrected chi connectivity index (χ0v) is 17.3. The fourth-order valence-electron chi connectivity index (χ4n) is 3.53. The average Bonchev–Trinajstić information content (AvgIpc) is 2.61. The standard InChI is InChI=1S/C19H28N4O.HI/c1-15-5-4-11-22(14-15)19(20)21-13-16-7-9-17(10-8-16)23-12-3-2-6-18(23)24;/h7-10,15H,2-6,11-14H2,1H3,(H2,20,21);1H. The van der Waals surface area contributed by atoms with Crippen molar-refractivity contribution in [2.24, 2.45) is 16.6 Å². The zero-order chi connectivity index (χ0) is 16.9. The van der Waals surface area contributed by atoms with E-state index >= 15 is 0 Å². The number of rotatable bonds is 3.